The van der Waals surface area contributed by atoms with Crippen LogP contribution in [-0.4, -0.2) is 66.8 Å². The lowest BCUT2D eigenvalue weighted by molar-refractivity contribution is 0.0824. The minimum absolute atomic E-state index is 0.284. The maximum absolute atomic E-state index is 9.10. The van der Waals surface area contributed by atoms with Crippen LogP contribution in [0.3, 0.4) is 0 Å². The molecule has 0 bridgehead atoms. The summed E-state index contributed by atoms with van der Waals surface area (Å²) in [6.45, 7) is 8.88. The van der Waals surface area contributed by atoms with E-state index in [1.54, 1.807) is 0 Å². The predicted octanol–water partition coefficient (Wildman–Crippen LogP) is 1.14. The van der Waals surface area contributed by atoms with E-state index in [1.807, 2.05) is 0 Å². The molecule has 1 aliphatic heterocycles. The summed E-state index contributed by atoms with van der Waals surface area (Å²) < 4.78 is 0. The summed E-state index contributed by atoms with van der Waals surface area (Å²) in [4.78, 5) is 5.11. The molecule has 4 heteroatoms. The summed E-state index contributed by atoms with van der Waals surface area (Å²) in [7, 11) is 0. The average molecular weight is 283 g/mol. The van der Waals surface area contributed by atoms with Gasteiger partial charge in [0.1, 0.15) is 0 Å². The van der Waals surface area contributed by atoms with Gasteiger partial charge in [-0.25, -0.2) is 0 Å². The molecule has 3 N–H and O–H groups in total. The highest BCUT2D eigenvalue weighted by atomic mass is 16.3. The fraction of sp³-hybridized carbons (Fsp3) is 1.00. The van der Waals surface area contributed by atoms with Gasteiger partial charge in [-0.15, -0.1) is 0 Å². The number of nitrogens with zero attached hydrogens (tertiary/aromatic N) is 2. The van der Waals surface area contributed by atoms with E-state index in [0.717, 1.165) is 38.6 Å². The molecule has 0 aromatic carbocycles. The Kier molecular flexibility index (Phi) is 6.75. The molecule has 1 saturated heterocycles. The Morgan fingerprint density at radius 3 is 2.70 bits per heavy atom. The molecule has 3 unspecified atom stereocenters. The summed E-state index contributed by atoms with van der Waals surface area (Å²) in [6, 6.07) is 0.702. The van der Waals surface area contributed by atoms with Crippen molar-refractivity contribution in [2.75, 3.05) is 45.9 Å². The van der Waals surface area contributed by atoms with E-state index in [1.165, 1.54) is 38.6 Å². The summed E-state index contributed by atoms with van der Waals surface area (Å²) in [5.41, 5.74) is 6.03. The van der Waals surface area contributed by atoms with E-state index in [4.69, 9.17) is 10.8 Å². The smallest absolute Gasteiger partial charge is 0.0558 e. The fourth-order valence-corrected chi connectivity index (χ4v) is 4.07. The molecule has 1 heterocycles. The topological polar surface area (TPSA) is 52.7 Å². The van der Waals surface area contributed by atoms with E-state index in [0.29, 0.717) is 12.0 Å². The number of rotatable bonds is 5. The van der Waals surface area contributed by atoms with Crippen molar-refractivity contribution in [2.24, 2.45) is 17.6 Å². The molecule has 118 valence electrons. The van der Waals surface area contributed by atoms with Crippen LogP contribution < -0.4 is 5.73 Å². The number of aliphatic hydroxyl groups excluding tert-OH is 1. The van der Waals surface area contributed by atoms with Crippen molar-refractivity contribution in [2.45, 2.75) is 45.1 Å². The number of hydrogen-bond acceptors (Lipinski definition) is 4. The Bertz CT molecular complexity index is 274. The second-order valence-corrected chi connectivity index (χ2v) is 6.61. The Morgan fingerprint density at radius 1 is 1.15 bits per heavy atom. The van der Waals surface area contributed by atoms with Gasteiger partial charge in [-0.2, -0.15) is 0 Å². The minimum atomic E-state index is 0.284. The summed E-state index contributed by atoms with van der Waals surface area (Å²) >= 11 is 0. The first-order chi connectivity index (χ1) is 9.78. The van der Waals surface area contributed by atoms with Crippen molar-refractivity contribution in [3.63, 3.8) is 0 Å². The first-order valence-electron chi connectivity index (χ1n) is 8.55. The number of β-amino-alcohol motifs (C(OH)–C–C–N with tert-alkyl or cyclic N) is 1. The number of aliphatic hydroxyl groups is 1. The molecule has 2 aliphatic rings. The first-order valence-corrected chi connectivity index (χ1v) is 8.55. The van der Waals surface area contributed by atoms with Gasteiger partial charge < -0.3 is 10.8 Å². The minimum Gasteiger partial charge on any atom is -0.395 e. The summed E-state index contributed by atoms with van der Waals surface area (Å²) in [5.74, 6) is 1.60. The van der Waals surface area contributed by atoms with Crippen LogP contribution in [0.5, 0.6) is 0 Å². The monoisotopic (exact) mass is 283 g/mol. The van der Waals surface area contributed by atoms with Crippen molar-refractivity contribution in [1.29, 1.82) is 0 Å². The van der Waals surface area contributed by atoms with Gasteiger partial charge in [-0.3, -0.25) is 9.80 Å². The molecule has 2 fully saturated rings. The molecule has 1 aliphatic carbocycles. The molecular formula is C16H33N3O. The van der Waals surface area contributed by atoms with E-state index < -0.39 is 0 Å². The van der Waals surface area contributed by atoms with Crippen LogP contribution in [0.15, 0.2) is 0 Å². The van der Waals surface area contributed by atoms with Crippen molar-refractivity contribution < 1.29 is 5.11 Å². The zero-order valence-electron chi connectivity index (χ0n) is 13.1. The van der Waals surface area contributed by atoms with Crippen LogP contribution in [0.1, 0.15) is 39.0 Å². The summed E-state index contributed by atoms with van der Waals surface area (Å²) in [5, 5.41) is 9.10. The van der Waals surface area contributed by atoms with Crippen molar-refractivity contribution in [3.8, 4) is 0 Å². The van der Waals surface area contributed by atoms with Crippen LogP contribution in [0.4, 0.5) is 0 Å². The van der Waals surface area contributed by atoms with Crippen molar-refractivity contribution >= 4 is 0 Å². The fourth-order valence-electron chi connectivity index (χ4n) is 4.07. The van der Waals surface area contributed by atoms with Gasteiger partial charge in [0, 0.05) is 25.7 Å². The van der Waals surface area contributed by atoms with Gasteiger partial charge in [-0.05, 0) is 50.7 Å². The molecule has 0 aromatic heterocycles. The highest BCUT2D eigenvalue weighted by molar-refractivity contribution is 4.88. The maximum Gasteiger partial charge on any atom is 0.0558 e. The van der Waals surface area contributed by atoms with Gasteiger partial charge in [0.15, 0.2) is 0 Å². The quantitative estimate of drug-likeness (QED) is 0.794. The Morgan fingerprint density at radius 2 is 2.00 bits per heavy atom. The van der Waals surface area contributed by atoms with Crippen LogP contribution in [-0.2, 0) is 0 Å². The predicted molar refractivity (Wildman–Crippen MR) is 83.7 cm³/mol. The number of nitrogens with two attached hydrogens (primary N) is 1. The largest absolute Gasteiger partial charge is 0.395 e. The Balaban J connectivity index is 1.93. The van der Waals surface area contributed by atoms with E-state index in [2.05, 4.69) is 16.7 Å². The van der Waals surface area contributed by atoms with Gasteiger partial charge >= 0.3 is 0 Å². The highest BCUT2D eigenvalue weighted by Gasteiger charge is 2.33. The normalized spacial score (nSPS) is 34.0. The molecular weight excluding hydrogens is 250 g/mol. The molecule has 4 nitrogen and oxygen atoms in total. The lowest BCUT2D eigenvalue weighted by Crippen LogP contribution is -2.48. The average Bonchev–Trinajstić information content (AvgIpc) is 2.72. The molecule has 0 aromatic rings. The van der Waals surface area contributed by atoms with Crippen LogP contribution in [0.2, 0.25) is 0 Å². The third-order valence-electron chi connectivity index (χ3n) is 5.45. The Hall–Kier alpha value is -0.160. The zero-order chi connectivity index (χ0) is 14.4. The highest BCUT2D eigenvalue weighted by Crippen LogP contribution is 2.34. The van der Waals surface area contributed by atoms with Crippen LogP contribution >= 0.6 is 0 Å². The maximum atomic E-state index is 9.10. The zero-order valence-corrected chi connectivity index (χ0v) is 13.1. The molecule has 0 amide bonds. The Labute approximate surface area is 124 Å². The van der Waals surface area contributed by atoms with Gasteiger partial charge in [-0.1, -0.05) is 19.8 Å². The van der Waals surface area contributed by atoms with E-state index in [9.17, 15) is 0 Å². The third-order valence-corrected chi connectivity index (χ3v) is 5.45. The molecule has 0 radical (unpaired) electrons. The van der Waals surface area contributed by atoms with Gasteiger partial charge in [0.25, 0.3) is 0 Å². The molecule has 3 atom stereocenters. The second-order valence-electron chi connectivity index (χ2n) is 6.61. The lowest BCUT2D eigenvalue weighted by Gasteiger charge is -2.42. The summed E-state index contributed by atoms with van der Waals surface area (Å²) in [6.07, 6.45) is 6.58. The van der Waals surface area contributed by atoms with Crippen LogP contribution in [0.25, 0.3) is 0 Å². The van der Waals surface area contributed by atoms with Crippen molar-refractivity contribution in [3.05, 3.63) is 0 Å². The molecule has 2 rings (SSSR count). The molecule has 0 spiro atoms. The molecule has 1 saturated carbocycles. The molecule has 20 heavy (non-hydrogen) atoms. The van der Waals surface area contributed by atoms with Crippen LogP contribution in [0, 0.1) is 11.8 Å². The van der Waals surface area contributed by atoms with E-state index >= 15 is 0 Å². The SMILES string of the molecule is CCC1CCC(CN)C(N2CCCN(CCO)CC2)C1. The van der Waals surface area contributed by atoms with Gasteiger partial charge in [0.2, 0.25) is 0 Å². The van der Waals surface area contributed by atoms with E-state index in [-0.39, 0.29) is 6.61 Å². The van der Waals surface area contributed by atoms with Gasteiger partial charge in [0.05, 0.1) is 6.61 Å². The lowest BCUT2D eigenvalue weighted by atomic mass is 9.76. The van der Waals surface area contributed by atoms with Crippen molar-refractivity contribution in [1.82, 2.24) is 9.80 Å². The first kappa shape index (κ1) is 16.2. The standard InChI is InChI=1S/C16H33N3O/c1-2-14-4-5-15(13-17)16(12-14)19-7-3-6-18(8-9-19)10-11-20/h14-16,20H,2-13,17H2,1H3. The number of hydrogen-bond donors (Lipinski definition) is 2. The second kappa shape index (κ2) is 8.32. The third kappa shape index (κ3) is 4.17.